The molecule has 3 aromatic heterocycles. The Hall–Kier alpha value is -3.35. The van der Waals surface area contributed by atoms with E-state index < -0.39 is 0 Å². The van der Waals surface area contributed by atoms with Gasteiger partial charge in [-0.15, -0.1) is 0 Å². The maximum absolute atomic E-state index is 11.0. The van der Waals surface area contributed by atoms with Gasteiger partial charge in [-0.1, -0.05) is 24.3 Å². The van der Waals surface area contributed by atoms with Crippen molar-refractivity contribution in [1.82, 2.24) is 24.8 Å². The van der Waals surface area contributed by atoms with E-state index in [9.17, 15) is 4.79 Å². The molecule has 1 N–H and O–H groups in total. The summed E-state index contributed by atoms with van der Waals surface area (Å²) in [5, 5.41) is 1.04. The van der Waals surface area contributed by atoms with Crippen LogP contribution >= 0.6 is 0 Å². The number of hydrogen-bond donors (Lipinski definition) is 1. The van der Waals surface area contributed by atoms with Gasteiger partial charge in [0.05, 0.1) is 5.69 Å². The van der Waals surface area contributed by atoms with E-state index >= 15 is 0 Å². The average molecular weight is 426 g/mol. The maximum atomic E-state index is 11.0. The molecule has 0 atom stereocenters. The van der Waals surface area contributed by atoms with Crippen molar-refractivity contribution in [3.63, 3.8) is 0 Å². The number of aryl methyl sites for hydroxylation is 1. The van der Waals surface area contributed by atoms with Crippen LogP contribution in [0.5, 0.6) is 0 Å². The number of aromatic amines is 1. The molecule has 1 aliphatic rings. The third-order valence-corrected chi connectivity index (χ3v) is 6.31. The smallest absolute Gasteiger partial charge is 0.151 e. The van der Waals surface area contributed by atoms with Gasteiger partial charge in [0.25, 0.3) is 0 Å². The minimum Gasteiger partial charge on any atom is -0.343 e. The van der Waals surface area contributed by atoms with Crippen LogP contribution in [0.1, 0.15) is 21.6 Å². The number of aromatic nitrogens is 3. The van der Waals surface area contributed by atoms with Crippen LogP contribution in [0.25, 0.3) is 33.4 Å². The van der Waals surface area contributed by atoms with Crippen LogP contribution in [0.4, 0.5) is 0 Å². The molecule has 4 heterocycles. The molecule has 4 aromatic rings. The summed E-state index contributed by atoms with van der Waals surface area (Å²) in [6.45, 7) is 7.53. The first-order chi connectivity index (χ1) is 15.6. The molecular formula is C26H27N5O. The van der Waals surface area contributed by atoms with Crippen LogP contribution < -0.4 is 0 Å². The summed E-state index contributed by atoms with van der Waals surface area (Å²) >= 11 is 0. The second kappa shape index (κ2) is 8.65. The van der Waals surface area contributed by atoms with Crippen LogP contribution in [0.15, 0.2) is 54.9 Å². The third-order valence-electron chi connectivity index (χ3n) is 6.31. The summed E-state index contributed by atoms with van der Waals surface area (Å²) in [6.07, 6.45) is 4.34. The zero-order valence-corrected chi connectivity index (χ0v) is 18.5. The average Bonchev–Trinajstić information content (AvgIpc) is 3.16. The monoisotopic (exact) mass is 425 g/mol. The molecule has 0 aliphatic carbocycles. The number of nitrogens with zero attached hydrogens (tertiary/aromatic N) is 4. The molecular weight excluding hydrogens is 398 g/mol. The first-order valence-electron chi connectivity index (χ1n) is 11.0. The zero-order valence-electron chi connectivity index (χ0n) is 18.5. The molecule has 0 unspecified atom stereocenters. The number of piperazine rings is 1. The van der Waals surface area contributed by atoms with Gasteiger partial charge in [0.15, 0.2) is 6.29 Å². The van der Waals surface area contributed by atoms with Crippen LogP contribution in [-0.2, 0) is 6.54 Å². The van der Waals surface area contributed by atoms with Gasteiger partial charge in [0, 0.05) is 72.9 Å². The number of pyridine rings is 2. The molecule has 0 spiro atoms. The van der Waals surface area contributed by atoms with Gasteiger partial charge >= 0.3 is 0 Å². The van der Waals surface area contributed by atoms with Gasteiger partial charge in [0.2, 0.25) is 0 Å². The van der Waals surface area contributed by atoms with Gasteiger partial charge in [-0.25, -0.2) is 4.98 Å². The van der Waals surface area contributed by atoms with E-state index in [0.29, 0.717) is 5.56 Å². The highest BCUT2D eigenvalue weighted by Crippen LogP contribution is 2.33. The quantitative estimate of drug-likeness (QED) is 0.487. The van der Waals surface area contributed by atoms with Crippen molar-refractivity contribution in [3.05, 3.63) is 71.7 Å². The van der Waals surface area contributed by atoms with Crippen LogP contribution in [0.3, 0.4) is 0 Å². The van der Waals surface area contributed by atoms with Gasteiger partial charge < -0.3 is 9.88 Å². The van der Waals surface area contributed by atoms with Crippen molar-refractivity contribution in [1.29, 1.82) is 0 Å². The second-order valence-corrected chi connectivity index (χ2v) is 8.62. The van der Waals surface area contributed by atoms with Crippen molar-refractivity contribution in [2.45, 2.75) is 13.5 Å². The fourth-order valence-corrected chi connectivity index (χ4v) is 4.37. The fraction of sp³-hybridized carbons (Fsp3) is 0.269. The van der Waals surface area contributed by atoms with E-state index in [1.807, 2.05) is 19.2 Å². The number of rotatable bonds is 5. The van der Waals surface area contributed by atoms with Crippen molar-refractivity contribution in [2.75, 3.05) is 33.2 Å². The van der Waals surface area contributed by atoms with E-state index in [0.717, 1.165) is 78.1 Å². The first kappa shape index (κ1) is 20.5. The Bertz CT molecular complexity index is 1240. The van der Waals surface area contributed by atoms with Gasteiger partial charge in [0.1, 0.15) is 5.65 Å². The Morgan fingerprint density at radius 2 is 1.75 bits per heavy atom. The number of H-pyrrole nitrogens is 1. The first-order valence-corrected chi connectivity index (χ1v) is 11.0. The standard InChI is InChI=1S/C26H27N5O/c1-18-25(24-8-5-20(17-32)14-27-24)23-13-22(15-28-26(23)29-18)21-6-3-19(4-7-21)16-31-11-9-30(2)10-12-31/h3-8,13-15,17H,9-12,16H2,1-2H3,(H,28,29). The molecule has 1 aromatic carbocycles. The van der Waals surface area contributed by atoms with Crippen LogP contribution in [-0.4, -0.2) is 64.3 Å². The summed E-state index contributed by atoms with van der Waals surface area (Å²) in [7, 11) is 2.19. The number of aldehydes is 1. The number of nitrogens with one attached hydrogen (secondary N) is 1. The minimum absolute atomic E-state index is 0.571. The summed E-state index contributed by atoms with van der Waals surface area (Å²) < 4.78 is 0. The fourth-order valence-electron chi connectivity index (χ4n) is 4.37. The summed E-state index contributed by atoms with van der Waals surface area (Å²) in [5.41, 5.74) is 7.85. The number of fused-ring (bicyclic) bond motifs is 1. The number of likely N-dealkylation sites (N-methyl/N-ethyl adjacent to an activating group) is 1. The molecule has 0 bridgehead atoms. The van der Waals surface area contributed by atoms with Crippen LogP contribution in [0.2, 0.25) is 0 Å². The van der Waals surface area contributed by atoms with Crippen molar-refractivity contribution >= 4 is 17.3 Å². The molecule has 1 fully saturated rings. The Labute approximate surface area is 187 Å². The lowest BCUT2D eigenvalue weighted by atomic mass is 10.0. The lowest BCUT2D eigenvalue weighted by Crippen LogP contribution is -2.43. The van der Waals surface area contributed by atoms with Crippen molar-refractivity contribution in [2.24, 2.45) is 0 Å². The molecule has 6 nitrogen and oxygen atoms in total. The van der Waals surface area contributed by atoms with E-state index in [1.165, 1.54) is 5.56 Å². The highest BCUT2D eigenvalue weighted by Gasteiger charge is 2.15. The van der Waals surface area contributed by atoms with E-state index in [-0.39, 0.29) is 0 Å². The van der Waals surface area contributed by atoms with Gasteiger partial charge in [-0.2, -0.15) is 0 Å². The predicted octanol–water partition coefficient (Wildman–Crippen LogP) is 4.16. The molecule has 32 heavy (non-hydrogen) atoms. The largest absolute Gasteiger partial charge is 0.343 e. The highest BCUT2D eigenvalue weighted by atomic mass is 16.1. The predicted molar refractivity (Wildman–Crippen MR) is 128 cm³/mol. The summed E-state index contributed by atoms with van der Waals surface area (Å²) in [5.74, 6) is 0. The molecule has 1 saturated heterocycles. The van der Waals surface area contributed by atoms with E-state index in [4.69, 9.17) is 0 Å². The number of benzene rings is 1. The maximum Gasteiger partial charge on any atom is 0.151 e. The normalized spacial score (nSPS) is 15.3. The van der Waals surface area contributed by atoms with Crippen molar-refractivity contribution < 1.29 is 4.79 Å². The Morgan fingerprint density at radius 3 is 2.44 bits per heavy atom. The zero-order chi connectivity index (χ0) is 22.1. The lowest BCUT2D eigenvalue weighted by Gasteiger charge is -2.32. The van der Waals surface area contributed by atoms with Gasteiger partial charge in [-0.3, -0.25) is 14.7 Å². The minimum atomic E-state index is 0.571. The number of carbonyl (C=O) groups excluding carboxylic acids is 1. The SMILES string of the molecule is Cc1[nH]c2ncc(-c3ccc(CN4CCN(C)CC4)cc3)cc2c1-c1ccc(C=O)cn1. The lowest BCUT2D eigenvalue weighted by molar-refractivity contribution is 0.112. The molecule has 0 radical (unpaired) electrons. The molecule has 1 aliphatic heterocycles. The number of hydrogen-bond acceptors (Lipinski definition) is 5. The molecule has 0 amide bonds. The number of carbonyl (C=O) groups is 1. The second-order valence-electron chi connectivity index (χ2n) is 8.62. The topological polar surface area (TPSA) is 65.1 Å². The Morgan fingerprint density at radius 1 is 0.969 bits per heavy atom. The van der Waals surface area contributed by atoms with E-state index in [1.54, 1.807) is 12.3 Å². The molecule has 0 saturated carbocycles. The van der Waals surface area contributed by atoms with Crippen molar-refractivity contribution in [3.8, 4) is 22.4 Å². The third kappa shape index (κ3) is 4.07. The molecule has 5 rings (SSSR count). The van der Waals surface area contributed by atoms with Gasteiger partial charge in [-0.05, 0) is 43.3 Å². The Kier molecular flexibility index (Phi) is 5.55. The Balaban J connectivity index is 1.42. The summed E-state index contributed by atoms with van der Waals surface area (Å²) in [6, 6.07) is 14.7. The van der Waals surface area contributed by atoms with E-state index in [2.05, 4.69) is 62.1 Å². The van der Waals surface area contributed by atoms with Crippen LogP contribution in [0, 0.1) is 6.92 Å². The highest BCUT2D eigenvalue weighted by molar-refractivity contribution is 5.96. The molecule has 6 heteroatoms. The molecule has 162 valence electrons. The summed E-state index contributed by atoms with van der Waals surface area (Å²) in [4.78, 5) is 28.4.